The molecule has 0 amide bonds. The van der Waals surface area contributed by atoms with E-state index < -0.39 is 17.2 Å². The normalized spacial score (nSPS) is 10.9. The van der Waals surface area contributed by atoms with E-state index in [9.17, 15) is 20.0 Å². The van der Waals surface area contributed by atoms with Gasteiger partial charge >= 0.3 is 0 Å². The molecule has 2 aromatic carbocycles. The van der Waals surface area contributed by atoms with Crippen LogP contribution in [0.3, 0.4) is 0 Å². The van der Waals surface area contributed by atoms with Gasteiger partial charge in [0.05, 0.1) is 19.2 Å². The highest BCUT2D eigenvalue weighted by molar-refractivity contribution is 9.10. The van der Waals surface area contributed by atoms with Gasteiger partial charge < -0.3 is 14.3 Å². The Balaban J connectivity index is 1.89. The zero-order valence-corrected chi connectivity index (χ0v) is 19.7. The minimum atomic E-state index is -0.676. The number of nitriles is 1. The van der Waals surface area contributed by atoms with Gasteiger partial charge in [-0.25, -0.2) is 0 Å². The maximum Gasteiger partial charge on any atom is 0.271 e. The van der Waals surface area contributed by atoms with Crippen molar-refractivity contribution in [1.82, 2.24) is 4.57 Å². The minimum Gasteiger partial charge on any atom is -0.497 e. The molecule has 0 atom stereocenters. The number of ether oxygens (including phenoxy) is 1. The molecule has 0 saturated heterocycles. The van der Waals surface area contributed by atoms with Gasteiger partial charge in [-0.3, -0.25) is 14.2 Å². The van der Waals surface area contributed by atoms with Crippen LogP contribution in [0.15, 0.2) is 56.1 Å². The number of pyridine rings is 1. The van der Waals surface area contributed by atoms with E-state index in [-0.39, 0.29) is 29.0 Å². The summed E-state index contributed by atoms with van der Waals surface area (Å²) in [7, 11) is 1.54. The van der Waals surface area contributed by atoms with Crippen molar-refractivity contribution < 1.29 is 19.1 Å². The fourth-order valence-electron chi connectivity index (χ4n) is 3.81. The Morgan fingerprint density at radius 1 is 1.18 bits per heavy atom. The summed E-state index contributed by atoms with van der Waals surface area (Å²) in [6.45, 7) is 3.19. The van der Waals surface area contributed by atoms with Crippen molar-refractivity contribution in [3.05, 3.63) is 90.9 Å². The molecule has 0 spiro atoms. The first kappa shape index (κ1) is 22.4. The van der Waals surface area contributed by atoms with Crippen molar-refractivity contribution in [2.24, 2.45) is 0 Å². The van der Waals surface area contributed by atoms with Crippen LogP contribution >= 0.6 is 15.9 Å². The first-order chi connectivity index (χ1) is 15.8. The van der Waals surface area contributed by atoms with E-state index >= 15 is 0 Å². The number of aromatic nitrogens is 1. The molecule has 1 N–H and O–H groups in total. The van der Waals surface area contributed by atoms with E-state index in [1.807, 2.05) is 12.1 Å². The number of aromatic hydroxyl groups is 1. The van der Waals surface area contributed by atoms with Crippen LogP contribution in [0.2, 0.25) is 0 Å². The smallest absolute Gasteiger partial charge is 0.271 e. The summed E-state index contributed by atoms with van der Waals surface area (Å²) >= 11 is 3.41. The fourth-order valence-corrected chi connectivity index (χ4v) is 4.17. The highest BCUT2D eigenvalue weighted by Crippen LogP contribution is 2.32. The molecule has 0 bridgehead atoms. The number of hydrogen-bond acceptors (Lipinski definition) is 6. The zero-order valence-electron chi connectivity index (χ0n) is 18.1. The quantitative estimate of drug-likeness (QED) is 0.388. The summed E-state index contributed by atoms with van der Waals surface area (Å²) in [6, 6.07) is 14.2. The topological polar surface area (TPSA) is 105 Å². The van der Waals surface area contributed by atoms with Crippen LogP contribution in [0.5, 0.6) is 11.6 Å². The first-order valence-corrected chi connectivity index (χ1v) is 10.8. The first-order valence-electron chi connectivity index (χ1n) is 9.99. The molecule has 0 saturated carbocycles. The molecular weight excluding hydrogens is 488 g/mol. The zero-order chi connectivity index (χ0) is 23.9. The van der Waals surface area contributed by atoms with E-state index in [1.54, 1.807) is 50.4 Å². The summed E-state index contributed by atoms with van der Waals surface area (Å²) in [5, 5.41) is 21.4. The number of furan rings is 1. The lowest BCUT2D eigenvalue weighted by atomic mass is 9.98. The van der Waals surface area contributed by atoms with Crippen molar-refractivity contribution >= 4 is 32.7 Å². The number of carbonyl (C=O) groups is 1. The molecule has 0 aliphatic heterocycles. The lowest BCUT2D eigenvalue weighted by molar-refractivity contribution is 0.101. The molecule has 0 aliphatic rings. The Labute approximate surface area is 197 Å². The summed E-state index contributed by atoms with van der Waals surface area (Å²) in [5.41, 5.74) is 0.887. The molecule has 0 fully saturated rings. The predicted octanol–water partition coefficient (Wildman–Crippen LogP) is 4.84. The van der Waals surface area contributed by atoms with Gasteiger partial charge in [0, 0.05) is 15.4 Å². The molecule has 2 heterocycles. The maximum absolute atomic E-state index is 13.5. The van der Waals surface area contributed by atoms with Crippen LogP contribution in [0, 0.1) is 25.2 Å². The lowest BCUT2D eigenvalue weighted by Crippen LogP contribution is -2.27. The molecule has 33 heavy (non-hydrogen) atoms. The number of aryl methyl sites for hydroxylation is 1. The SMILES string of the molecule is COc1ccc(Cn2c(O)c(C(=O)c3oc4ccc(Br)cc4c3C)c(C)c(C#N)c2=O)cc1. The molecular formula is C25H19BrN2O5. The summed E-state index contributed by atoms with van der Waals surface area (Å²) < 4.78 is 12.8. The Morgan fingerprint density at radius 2 is 1.88 bits per heavy atom. The maximum atomic E-state index is 13.5. The largest absolute Gasteiger partial charge is 0.497 e. The molecule has 0 unspecified atom stereocenters. The molecule has 4 aromatic rings. The average Bonchev–Trinajstić information content (AvgIpc) is 3.13. The third kappa shape index (κ3) is 3.81. The number of halogens is 1. The lowest BCUT2D eigenvalue weighted by Gasteiger charge is -2.15. The number of nitrogens with zero attached hydrogens (tertiary/aromatic N) is 2. The monoisotopic (exact) mass is 506 g/mol. The van der Waals surface area contributed by atoms with Crippen molar-refractivity contribution in [3.8, 4) is 17.7 Å². The van der Waals surface area contributed by atoms with E-state index in [0.29, 0.717) is 22.5 Å². The van der Waals surface area contributed by atoms with Crippen LogP contribution < -0.4 is 10.3 Å². The van der Waals surface area contributed by atoms with Gasteiger partial charge in [0.1, 0.15) is 23.0 Å². The highest BCUT2D eigenvalue weighted by Gasteiger charge is 2.28. The van der Waals surface area contributed by atoms with E-state index in [4.69, 9.17) is 9.15 Å². The molecule has 0 radical (unpaired) electrons. The summed E-state index contributed by atoms with van der Waals surface area (Å²) in [6.07, 6.45) is 0. The fraction of sp³-hybridized carbons (Fsp3) is 0.160. The number of hydrogen-bond donors (Lipinski definition) is 1. The van der Waals surface area contributed by atoms with Crippen molar-refractivity contribution in [1.29, 1.82) is 5.26 Å². The number of carbonyl (C=O) groups excluding carboxylic acids is 1. The van der Waals surface area contributed by atoms with Crippen LogP contribution in [0.25, 0.3) is 11.0 Å². The molecule has 166 valence electrons. The van der Waals surface area contributed by atoms with E-state index in [0.717, 1.165) is 14.4 Å². The number of methoxy groups -OCH3 is 1. The average molecular weight is 507 g/mol. The van der Waals surface area contributed by atoms with E-state index in [2.05, 4.69) is 15.9 Å². The molecule has 7 nitrogen and oxygen atoms in total. The van der Waals surface area contributed by atoms with E-state index in [1.165, 1.54) is 6.92 Å². The summed E-state index contributed by atoms with van der Waals surface area (Å²) in [4.78, 5) is 26.5. The number of benzene rings is 2. The number of fused-ring (bicyclic) bond motifs is 1. The van der Waals surface area contributed by atoms with Gasteiger partial charge in [-0.15, -0.1) is 0 Å². The third-order valence-electron chi connectivity index (χ3n) is 5.63. The highest BCUT2D eigenvalue weighted by atomic mass is 79.9. The second kappa shape index (κ2) is 8.60. The van der Waals surface area contributed by atoms with Crippen molar-refractivity contribution in [3.63, 3.8) is 0 Å². The second-order valence-electron chi connectivity index (χ2n) is 7.58. The van der Waals surface area contributed by atoms with Crippen LogP contribution in [-0.4, -0.2) is 22.6 Å². The second-order valence-corrected chi connectivity index (χ2v) is 8.49. The van der Waals surface area contributed by atoms with Gasteiger partial charge in [0.2, 0.25) is 11.7 Å². The number of ketones is 1. The predicted molar refractivity (Wildman–Crippen MR) is 126 cm³/mol. The molecule has 2 aromatic heterocycles. The van der Waals surface area contributed by atoms with Crippen LogP contribution in [-0.2, 0) is 6.54 Å². The van der Waals surface area contributed by atoms with Crippen LogP contribution in [0.4, 0.5) is 0 Å². The Hall–Kier alpha value is -3.83. The number of rotatable bonds is 5. The summed E-state index contributed by atoms with van der Waals surface area (Å²) in [5.74, 6) is -0.437. The van der Waals surface area contributed by atoms with Gasteiger partial charge in [0.15, 0.2) is 5.76 Å². The molecule has 0 aliphatic carbocycles. The Kier molecular flexibility index (Phi) is 5.83. The van der Waals surface area contributed by atoms with Crippen molar-refractivity contribution in [2.75, 3.05) is 7.11 Å². The van der Waals surface area contributed by atoms with Crippen LogP contribution in [0.1, 0.15) is 38.4 Å². The van der Waals surface area contributed by atoms with Gasteiger partial charge in [-0.2, -0.15) is 5.26 Å². The van der Waals surface area contributed by atoms with Gasteiger partial charge in [-0.1, -0.05) is 28.1 Å². The third-order valence-corrected chi connectivity index (χ3v) is 6.12. The standard InChI is InChI=1S/C25H19BrN2O5/c1-13-19(11-27)24(30)28(12-15-4-7-17(32-3)8-5-15)25(31)21(13)22(29)23-14(2)18-10-16(26)6-9-20(18)33-23/h4-10,31H,12H2,1-3H3. The van der Waals surface area contributed by atoms with Gasteiger partial charge in [0.25, 0.3) is 5.56 Å². The molecule has 8 heteroatoms. The Morgan fingerprint density at radius 3 is 2.52 bits per heavy atom. The Bertz CT molecular complexity index is 1510. The van der Waals surface area contributed by atoms with Gasteiger partial charge in [-0.05, 0) is 55.3 Å². The van der Waals surface area contributed by atoms with Crippen molar-refractivity contribution in [2.45, 2.75) is 20.4 Å². The molecule has 4 rings (SSSR count). The minimum absolute atomic E-state index is 0.0318.